The molecular formula is C23H24ClNO3. The smallest absolute Gasteiger partial charge is 0.233 e. The normalized spacial score (nSPS) is 22.6. The van der Waals surface area contributed by atoms with Crippen LogP contribution in [0.15, 0.2) is 42.5 Å². The molecule has 1 aliphatic carbocycles. The van der Waals surface area contributed by atoms with Crippen molar-refractivity contribution in [1.82, 2.24) is 4.90 Å². The van der Waals surface area contributed by atoms with Crippen molar-refractivity contribution < 1.29 is 14.3 Å². The van der Waals surface area contributed by atoms with Crippen LogP contribution in [0.1, 0.15) is 49.3 Å². The summed E-state index contributed by atoms with van der Waals surface area (Å²) in [4.78, 5) is 15.8. The highest BCUT2D eigenvalue weighted by molar-refractivity contribution is 6.30. The van der Waals surface area contributed by atoms with Crippen molar-refractivity contribution in [2.75, 3.05) is 19.8 Å². The molecule has 0 bridgehead atoms. The number of likely N-dealkylation sites (tertiary alicyclic amines) is 1. The van der Waals surface area contributed by atoms with Crippen molar-refractivity contribution in [2.45, 2.75) is 43.6 Å². The Hall–Kier alpha value is -2.20. The summed E-state index contributed by atoms with van der Waals surface area (Å²) in [6.45, 7) is 1.97. The number of hydrogen-bond acceptors (Lipinski definition) is 3. The Morgan fingerprint density at radius 1 is 1.00 bits per heavy atom. The van der Waals surface area contributed by atoms with Gasteiger partial charge in [-0.15, -0.1) is 0 Å². The highest BCUT2D eigenvalue weighted by Gasteiger charge is 2.49. The van der Waals surface area contributed by atoms with E-state index in [-0.39, 0.29) is 17.4 Å². The zero-order valence-electron chi connectivity index (χ0n) is 15.8. The van der Waals surface area contributed by atoms with Crippen molar-refractivity contribution in [1.29, 1.82) is 0 Å². The van der Waals surface area contributed by atoms with Gasteiger partial charge in [0.15, 0.2) is 11.5 Å². The first-order valence-corrected chi connectivity index (χ1v) is 10.5. The standard InChI is InChI=1S/C23H24ClNO3/c24-18-7-5-17(6-8-18)23(10-2-11-23)22(26)25-12-1-3-19(25)16-4-9-20-21(15-16)28-14-13-27-20/h4-9,15,19H,1-3,10-14H2/t19-/m1/s1. The van der Waals surface area contributed by atoms with E-state index in [9.17, 15) is 4.79 Å². The van der Waals surface area contributed by atoms with E-state index in [1.54, 1.807) is 0 Å². The summed E-state index contributed by atoms with van der Waals surface area (Å²) in [5.41, 5.74) is 1.85. The number of amides is 1. The Kier molecular flexibility index (Phi) is 4.47. The molecule has 2 fully saturated rings. The lowest BCUT2D eigenvalue weighted by Gasteiger charge is -2.44. The maximum absolute atomic E-state index is 13.7. The summed E-state index contributed by atoms with van der Waals surface area (Å²) in [5, 5.41) is 0.709. The van der Waals surface area contributed by atoms with Crippen molar-refractivity contribution in [3.05, 3.63) is 58.6 Å². The molecule has 0 aromatic heterocycles. The molecule has 0 unspecified atom stereocenters. The second kappa shape index (κ2) is 7.00. The molecule has 1 saturated heterocycles. The third kappa shape index (κ3) is 2.86. The van der Waals surface area contributed by atoms with Gasteiger partial charge < -0.3 is 14.4 Å². The second-order valence-electron chi connectivity index (χ2n) is 8.00. The van der Waals surface area contributed by atoms with Crippen LogP contribution in [-0.2, 0) is 10.2 Å². The van der Waals surface area contributed by atoms with E-state index in [2.05, 4.69) is 17.0 Å². The fourth-order valence-electron chi connectivity index (χ4n) is 4.82. The van der Waals surface area contributed by atoms with Crippen LogP contribution in [0.2, 0.25) is 5.02 Å². The summed E-state index contributed by atoms with van der Waals surface area (Å²) in [6, 6.07) is 14.1. The number of carbonyl (C=O) groups excluding carboxylic acids is 1. The van der Waals surface area contributed by atoms with Gasteiger partial charge >= 0.3 is 0 Å². The first kappa shape index (κ1) is 17.9. The maximum atomic E-state index is 13.7. The van der Waals surface area contributed by atoms with E-state index in [1.165, 1.54) is 0 Å². The van der Waals surface area contributed by atoms with Gasteiger partial charge in [-0.25, -0.2) is 0 Å². The van der Waals surface area contributed by atoms with Crippen LogP contribution < -0.4 is 9.47 Å². The van der Waals surface area contributed by atoms with Crippen LogP contribution in [0.5, 0.6) is 11.5 Å². The van der Waals surface area contributed by atoms with Crippen LogP contribution in [0.3, 0.4) is 0 Å². The first-order chi connectivity index (χ1) is 13.7. The van der Waals surface area contributed by atoms with E-state index in [4.69, 9.17) is 21.1 Å². The monoisotopic (exact) mass is 397 g/mol. The summed E-state index contributed by atoms with van der Waals surface area (Å²) in [5.74, 6) is 1.85. The van der Waals surface area contributed by atoms with Crippen molar-refractivity contribution in [2.24, 2.45) is 0 Å². The molecule has 0 N–H and O–H groups in total. The van der Waals surface area contributed by atoms with Gasteiger partial charge in [-0.2, -0.15) is 0 Å². The number of rotatable bonds is 3. The quantitative estimate of drug-likeness (QED) is 0.739. The summed E-state index contributed by atoms with van der Waals surface area (Å²) in [6.07, 6.45) is 4.94. The van der Waals surface area contributed by atoms with Crippen LogP contribution >= 0.6 is 11.6 Å². The molecule has 0 radical (unpaired) electrons. The van der Waals surface area contributed by atoms with Crippen LogP contribution in [0.25, 0.3) is 0 Å². The number of fused-ring (bicyclic) bond motifs is 1. The molecule has 1 atom stereocenters. The van der Waals surface area contributed by atoms with Crippen LogP contribution in [-0.4, -0.2) is 30.6 Å². The van der Waals surface area contributed by atoms with E-state index < -0.39 is 0 Å². The lowest BCUT2D eigenvalue weighted by molar-refractivity contribution is -0.142. The third-order valence-electron chi connectivity index (χ3n) is 6.48. The van der Waals surface area contributed by atoms with Gasteiger partial charge in [-0.3, -0.25) is 4.79 Å². The molecule has 2 heterocycles. The van der Waals surface area contributed by atoms with Crippen molar-refractivity contribution >= 4 is 17.5 Å². The Morgan fingerprint density at radius 2 is 1.75 bits per heavy atom. The Bertz CT molecular complexity index is 891. The predicted molar refractivity (Wildman–Crippen MR) is 108 cm³/mol. The predicted octanol–water partition coefficient (Wildman–Crippen LogP) is 4.90. The summed E-state index contributed by atoms with van der Waals surface area (Å²) >= 11 is 6.07. The van der Waals surface area contributed by atoms with Gasteiger partial charge in [-0.1, -0.05) is 36.2 Å². The number of ether oxygens (including phenoxy) is 2. The molecule has 0 spiro atoms. The highest BCUT2D eigenvalue weighted by Crippen LogP contribution is 2.48. The minimum Gasteiger partial charge on any atom is -0.486 e. The fraction of sp³-hybridized carbons (Fsp3) is 0.435. The zero-order valence-corrected chi connectivity index (χ0v) is 16.6. The average molecular weight is 398 g/mol. The molecule has 1 amide bonds. The topological polar surface area (TPSA) is 38.8 Å². The molecule has 4 nitrogen and oxygen atoms in total. The molecule has 28 heavy (non-hydrogen) atoms. The summed E-state index contributed by atoms with van der Waals surface area (Å²) in [7, 11) is 0. The SMILES string of the molecule is O=C(N1CCC[C@@H]1c1ccc2c(c1)OCCO2)C1(c2ccc(Cl)cc2)CCC1. The first-order valence-electron chi connectivity index (χ1n) is 10.1. The van der Waals surface area contributed by atoms with Gasteiger partial charge in [0.1, 0.15) is 13.2 Å². The number of benzene rings is 2. The molecule has 2 aliphatic heterocycles. The second-order valence-corrected chi connectivity index (χ2v) is 8.44. The molecule has 2 aromatic carbocycles. The minimum absolute atomic E-state index is 0.105. The third-order valence-corrected chi connectivity index (χ3v) is 6.73. The fourth-order valence-corrected chi connectivity index (χ4v) is 4.95. The number of hydrogen-bond donors (Lipinski definition) is 0. The van der Waals surface area contributed by atoms with E-state index in [0.29, 0.717) is 18.2 Å². The van der Waals surface area contributed by atoms with E-state index in [1.807, 2.05) is 30.3 Å². The van der Waals surface area contributed by atoms with Gasteiger partial charge in [0.05, 0.1) is 11.5 Å². The minimum atomic E-state index is -0.388. The average Bonchev–Trinajstić information content (AvgIpc) is 3.18. The van der Waals surface area contributed by atoms with Gasteiger partial charge in [0.2, 0.25) is 5.91 Å². The molecule has 5 rings (SSSR count). The van der Waals surface area contributed by atoms with Crippen LogP contribution in [0, 0.1) is 0 Å². The zero-order chi connectivity index (χ0) is 19.1. The maximum Gasteiger partial charge on any atom is 0.233 e. The number of halogens is 1. The van der Waals surface area contributed by atoms with E-state index in [0.717, 1.165) is 61.3 Å². The molecular weight excluding hydrogens is 374 g/mol. The van der Waals surface area contributed by atoms with Gasteiger partial charge in [0, 0.05) is 11.6 Å². The van der Waals surface area contributed by atoms with Crippen molar-refractivity contribution in [3.63, 3.8) is 0 Å². The molecule has 2 aromatic rings. The van der Waals surface area contributed by atoms with Gasteiger partial charge in [0.25, 0.3) is 0 Å². The molecule has 3 aliphatic rings. The molecule has 5 heteroatoms. The molecule has 146 valence electrons. The lowest BCUT2D eigenvalue weighted by Crippen LogP contribution is -2.50. The van der Waals surface area contributed by atoms with Crippen molar-refractivity contribution in [3.8, 4) is 11.5 Å². The van der Waals surface area contributed by atoms with Crippen LogP contribution in [0.4, 0.5) is 0 Å². The lowest BCUT2D eigenvalue weighted by atomic mass is 9.63. The van der Waals surface area contributed by atoms with E-state index >= 15 is 0 Å². The Labute approximate surface area is 170 Å². The number of nitrogens with zero attached hydrogens (tertiary/aromatic N) is 1. The Morgan fingerprint density at radius 3 is 2.46 bits per heavy atom. The largest absolute Gasteiger partial charge is 0.486 e. The number of carbonyl (C=O) groups is 1. The van der Waals surface area contributed by atoms with Gasteiger partial charge in [-0.05, 0) is 61.1 Å². The molecule has 1 saturated carbocycles. The Balaban J connectivity index is 1.44. The summed E-state index contributed by atoms with van der Waals surface area (Å²) < 4.78 is 11.4. The highest BCUT2D eigenvalue weighted by atomic mass is 35.5.